The number of amides is 2. The van der Waals surface area contributed by atoms with Gasteiger partial charge in [0.2, 0.25) is 5.91 Å². The summed E-state index contributed by atoms with van der Waals surface area (Å²) in [5.41, 5.74) is 1.55. The molecule has 0 spiro atoms. The van der Waals surface area contributed by atoms with Gasteiger partial charge in [0.1, 0.15) is 0 Å². The predicted molar refractivity (Wildman–Crippen MR) is 87.9 cm³/mol. The second-order valence-corrected chi connectivity index (χ2v) is 6.19. The van der Waals surface area contributed by atoms with Gasteiger partial charge in [-0.25, -0.2) is 0 Å². The first-order valence-electron chi connectivity index (χ1n) is 7.80. The van der Waals surface area contributed by atoms with Gasteiger partial charge in [0.25, 0.3) is 5.91 Å². The highest BCUT2D eigenvalue weighted by molar-refractivity contribution is 5.94. The van der Waals surface area contributed by atoms with Crippen molar-refractivity contribution in [2.75, 3.05) is 39.0 Å². The van der Waals surface area contributed by atoms with Crippen LogP contribution in [0.25, 0.3) is 0 Å². The molecular weight excluding hydrogens is 278 g/mol. The van der Waals surface area contributed by atoms with Crippen LogP contribution in [0.3, 0.4) is 0 Å². The number of piperidine rings is 1. The maximum atomic E-state index is 12.4. The number of anilines is 1. The number of rotatable bonds is 4. The van der Waals surface area contributed by atoms with Crippen LogP contribution in [0.1, 0.15) is 30.1 Å². The quantitative estimate of drug-likeness (QED) is 0.926. The van der Waals surface area contributed by atoms with Crippen molar-refractivity contribution in [2.24, 2.45) is 5.92 Å². The van der Waals surface area contributed by atoms with E-state index in [2.05, 4.69) is 12.2 Å². The van der Waals surface area contributed by atoms with Crippen molar-refractivity contribution in [3.8, 4) is 0 Å². The number of likely N-dealkylation sites (N-methyl/N-ethyl adjacent to an activating group) is 1. The Bertz CT molecular complexity index is 517. The molecule has 5 heteroatoms. The van der Waals surface area contributed by atoms with E-state index < -0.39 is 0 Å². The number of carbonyl (C=O) groups is 2. The van der Waals surface area contributed by atoms with Crippen LogP contribution in [0.5, 0.6) is 0 Å². The zero-order valence-electron chi connectivity index (χ0n) is 13.6. The Kier molecular flexibility index (Phi) is 5.41. The van der Waals surface area contributed by atoms with Crippen LogP contribution < -0.4 is 5.32 Å². The largest absolute Gasteiger partial charge is 0.376 e. The molecule has 2 amide bonds. The van der Waals surface area contributed by atoms with E-state index in [-0.39, 0.29) is 18.4 Å². The van der Waals surface area contributed by atoms with Gasteiger partial charge in [-0.1, -0.05) is 6.92 Å². The van der Waals surface area contributed by atoms with Crippen molar-refractivity contribution in [2.45, 2.75) is 19.8 Å². The number of benzene rings is 1. The summed E-state index contributed by atoms with van der Waals surface area (Å²) in [5.74, 6) is 0.829. The maximum Gasteiger partial charge on any atom is 0.253 e. The normalized spacial score (nSPS) is 15.5. The van der Waals surface area contributed by atoms with Crippen molar-refractivity contribution < 1.29 is 9.59 Å². The van der Waals surface area contributed by atoms with Gasteiger partial charge < -0.3 is 15.1 Å². The average molecular weight is 303 g/mol. The van der Waals surface area contributed by atoms with Crippen molar-refractivity contribution in [1.29, 1.82) is 0 Å². The molecule has 0 aromatic heterocycles. The van der Waals surface area contributed by atoms with Crippen LogP contribution >= 0.6 is 0 Å². The van der Waals surface area contributed by atoms with Crippen LogP contribution in [0, 0.1) is 5.92 Å². The van der Waals surface area contributed by atoms with E-state index in [0.29, 0.717) is 11.5 Å². The first-order valence-corrected chi connectivity index (χ1v) is 7.80. The van der Waals surface area contributed by atoms with Gasteiger partial charge in [0.15, 0.2) is 0 Å². The lowest BCUT2D eigenvalue weighted by atomic mass is 9.98. The van der Waals surface area contributed by atoms with E-state index in [1.807, 2.05) is 29.2 Å². The number of hydrogen-bond acceptors (Lipinski definition) is 3. The summed E-state index contributed by atoms with van der Waals surface area (Å²) in [7, 11) is 3.45. The molecule has 0 aliphatic carbocycles. The summed E-state index contributed by atoms with van der Waals surface area (Å²) < 4.78 is 0. The molecule has 1 N–H and O–H groups in total. The Hall–Kier alpha value is -2.04. The minimum atomic E-state index is 0.0163. The fraction of sp³-hybridized carbons (Fsp3) is 0.529. The van der Waals surface area contributed by atoms with Crippen molar-refractivity contribution >= 4 is 17.5 Å². The highest BCUT2D eigenvalue weighted by Crippen LogP contribution is 2.19. The Morgan fingerprint density at radius 3 is 2.32 bits per heavy atom. The van der Waals surface area contributed by atoms with Gasteiger partial charge in [0, 0.05) is 38.4 Å². The van der Waals surface area contributed by atoms with Gasteiger partial charge in [-0.15, -0.1) is 0 Å². The zero-order valence-corrected chi connectivity index (χ0v) is 13.6. The van der Waals surface area contributed by atoms with Crippen LogP contribution in [-0.2, 0) is 4.79 Å². The SMILES string of the molecule is CC1CCN(C(=O)c2ccc(NCC(=O)N(C)C)cc2)CC1. The molecule has 1 aromatic rings. The number of nitrogens with zero attached hydrogens (tertiary/aromatic N) is 2. The van der Waals surface area contributed by atoms with E-state index in [9.17, 15) is 9.59 Å². The molecule has 22 heavy (non-hydrogen) atoms. The predicted octanol–water partition coefficient (Wildman–Crippen LogP) is 2.06. The van der Waals surface area contributed by atoms with E-state index in [0.717, 1.165) is 31.6 Å². The summed E-state index contributed by atoms with van der Waals surface area (Å²) in [4.78, 5) is 27.4. The third-order valence-corrected chi connectivity index (χ3v) is 4.15. The van der Waals surface area contributed by atoms with Crippen molar-refractivity contribution in [3.63, 3.8) is 0 Å². The molecule has 1 saturated heterocycles. The van der Waals surface area contributed by atoms with Crippen LogP contribution in [0.4, 0.5) is 5.69 Å². The second-order valence-electron chi connectivity index (χ2n) is 6.19. The molecule has 1 fully saturated rings. The summed E-state index contributed by atoms with van der Waals surface area (Å²) in [6.07, 6.45) is 2.16. The summed E-state index contributed by atoms with van der Waals surface area (Å²) in [6, 6.07) is 7.34. The fourth-order valence-corrected chi connectivity index (χ4v) is 2.46. The molecule has 1 heterocycles. The minimum Gasteiger partial charge on any atom is -0.376 e. The maximum absolute atomic E-state index is 12.4. The van der Waals surface area contributed by atoms with Crippen molar-refractivity contribution in [3.05, 3.63) is 29.8 Å². The molecule has 2 rings (SSSR count). The van der Waals surface area contributed by atoms with E-state index in [4.69, 9.17) is 0 Å². The molecule has 0 atom stereocenters. The lowest BCUT2D eigenvalue weighted by molar-refractivity contribution is -0.126. The van der Waals surface area contributed by atoms with Gasteiger partial charge in [-0.3, -0.25) is 9.59 Å². The van der Waals surface area contributed by atoms with Gasteiger partial charge in [-0.05, 0) is 43.0 Å². The standard InChI is InChI=1S/C17H25N3O2/c1-13-8-10-20(11-9-13)17(22)14-4-6-15(7-5-14)18-12-16(21)19(2)3/h4-7,13,18H,8-12H2,1-3H3. The smallest absolute Gasteiger partial charge is 0.253 e. The molecule has 1 aliphatic rings. The monoisotopic (exact) mass is 303 g/mol. The number of hydrogen-bond donors (Lipinski definition) is 1. The van der Waals surface area contributed by atoms with Crippen LogP contribution in [0.15, 0.2) is 24.3 Å². The molecule has 5 nitrogen and oxygen atoms in total. The topological polar surface area (TPSA) is 52.7 Å². The molecule has 1 aromatic carbocycles. The zero-order chi connectivity index (χ0) is 16.1. The molecule has 0 radical (unpaired) electrons. The molecular formula is C17H25N3O2. The lowest BCUT2D eigenvalue weighted by Crippen LogP contribution is -2.37. The average Bonchev–Trinajstić information content (AvgIpc) is 2.53. The van der Waals surface area contributed by atoms with E-state index >= 15 is 0 Å². The third kappa shape index (κ3) is 4.23. The van der Waals surface area contributed by atoms with E-state index in [1.54, 1.807) is 19.0 Å². The van der Waals surface area contributed by atoms with Gasteiger partial charge in [-0.2, -0.15) is 0 Å². The third-order valence-electron chi connectivity index (χ3n) is 4.15. The Morgan fingerprint density at radius 1 is 1.18 bits per heavy atom. The summed E-state index contributed by atoms with van der Waals surface area (Å²) in [6.45, 7) is 4.18. The number of carbonyl (C=O) groups excluding carboxylic acids is 2. The first-order chi connectivity index (χ1) is 10.5. The lowest BCUT2D eigenvalue weighted by Gasteiger charge is -2.30. The second kappa shape index (κ2) is 7.29. The van der Waals surface area contributed by atoms with Crippen molar-refractivity contribution in [1.82, 2.24) is 9.80 Å². The Labute approximate surface area is 132 Å². The Balaban J connectivity index is 1.91. The highest BCUT2D eigenvalue weighted by Gasteiger charge is 2.21. The van der Waals surface area contributed by atoms with Crippen LogP contribution in [0.2, 0.25) is 0 Å². The molecule has 0 bridgehead atoms. The van der Waals surface area contributed by atoms with E-state index in [1.165, 1.54) is 0 Å². The number of nitrogens with one attached hydrogen (secondary N) is 1. The highest BCUT2D eigenvalue weighted by atomic mass is 16.2. The molecule has 0 unspecified atom stereocenters. The van der Waals surface area contributed by atoms with Gasteiger partial charge >= 0.3 is 0 Å². The molecule has 1 aliphatic heterocycles. The van der Waals surface area contributed by atoms with Crippen LogP contribution in [-0.4, -0.2) is 55.3 Å². The van der Waals surface area contributed by atoms with Gasteiger partial charge in [0.05, 0.1) is 6.54 Å². The molecule has 120 valence electrons. The fourth-order valence-electron chi connectivity index (χ4n) is 2.46. The summed E-state index contributed by atoms with van der Waals surface area (Å²) >= 11 is 0. The Morgan fingerprint density at radius 2 is 1.77 bits per heavy atom. The summed E-state index contributed by atoms with van der Waals surface area (Å²) in [5, 5.41) is 3.06. The minimum absolute atomic E-state index is 0.0163. The first kappa shape index (κ1) is 16.3. The molecule has 0 saturated carbocycles. The number of likely N-dealkylation sites (tertiary alicyclic amines) is 1.